The van der Waals surface area contributed by atoms with E-state index in [9.17, 15) is 13.6 Å². The van der Waals surface area contributed by atoms with Crippen molar-refractivity contribution in [3.8, 4) is 5.75 Å². The van der Waals surface area contributed by atoms with Crippen LogP contribution in [0.1, 0.15) is 25.3 Å². The van der Waals surface area contributed by atoms with Crippen molar-refractivity contribution in [1.82, 2.24) is 5.32 Å². The average molecular weight is 272 g/mol. The molecule has 0 aliphatic carbocycles. The number of amides is 1. The van der Waals surface area contributed by atoms with Crippen LogP contribution in [0.15, 0.2) is 24.3 Å². The van der Waals surface area contributed by atoms with Crippen LogP contribution >= 0.6 is 0 Å². The van der Waals surface area contributed by atoms with Gasteiger partial charge in [-0.1, -0.05) is 25.5 Å². The highest BCUT2D eigenvalue weighted by Crippen LogP contribution is 2.14. The van der Waals surface area contributed by atoms with Gasteiger partial charge >= 0.3 is 6.61 Å². The lowest BCUT2D eigenvalue weighted by atomic mass is 10.1. The maximum Gasteiger partial charge on any atom is 0.387 e. The van der Waals surface area contributed by atoms with Gasteiger partial charge in [-0.05, 0) is 24.1 Å². The number of benzene rings is 1. The second kappa shape index (κ2) is 7.68. The van der Waals surface area contributed by atoms with Crippen molar-refractivity contribution in [3.05, 3.63) is 29.8 Å². The number of carbonyl (C=O) groups is 1. The van der Waals surface area contributed by atoms with Gasteiger partial charge in [-0.2, -0.15) is 8.78 Å². The summed E-state index contributed by atoms with van der Waals surface area (Å²) < 4.78 is 28.1. The Bertz CT molecular complexity index is 396. The van der Waals surface area contributed by atoms with Crippen molar-refractivity contribution in [1.29, 1.82) is 0 Å². The summed E-state index contributed by atoms with van der Waals surface area (Å²) in [5.41, 5.74) is 6.45. The van der Waals surface area contributed by atoms with Crippen molar-refractivity contribution in [2.45, 2.75) is 39.0 Å². The molecule has 3 N–H and O–H groups in total. The van der Waals surface area contributed by atoms with E-state index in [2.05, 4.69) is 10.1 Å². The molecule has 6 heteroatoms. The van der Waals surface area contributed by atoms with Gasteiger partial charge in [0.05, 0.1) is 6.04 Å². The van der Waals surface area contributed by atoms with E-state index in [1.54, 1.807) is 12.1 Å². The van der Waals surface area contributed by atoms with Crippen molar-refractivity contribution in [2.75, 3.05) is 0 Å². The average Bonchev–Trinajstić information content (AvgIpc) is 2.37. The van der Waals surface area contributed by atoms with Crippen LogP contribution in [-0.2, 0) is 11.3 Å². The minimum absolute atomic E-state index is 0.0905. The number of alkyl halides is 2. The van der Waals surface area contributed by atoms with E-state index >= 15 is 0 Å². The highest BCUT2D eigenvalue weighted by Gasteiger charge is 2.11. The van der Waals surface area contributed by atoms with Crippen LogP contribution in [0, 0.1) is 0 Å². The first-order valence-corrected chi connectivity index (χ1v) is 6.10. The van der Waals surface area contributed by atoms with Gasteiger partial charge in [-0.3, -0.25) is 4.79 Å². The molecular formula is C13H18F2N2O2. The lowest BCUT2D eigenvalue weighted by Gasteiger charge is -2.11. The SMILES string of the molecule is CCCC(N)C(=O)NCc1ccc(OC(F)F)cc1. The minimum Gasteiger partial charge on any atom is -0.435 e. The number of nitrogens with one attached hydrogen (secondary N) is 1. The topological polar surface area (TPSA) is 64.4 Å². The number of hydrogen-bond donors (Lipinski definition) is 2. The number of hydrogen-bond acceptors (Lipinski definition) is 3. The molecule has 19 heavy (non-hydrogen) atoms. The van der Waals surface area contributed by atoms with Gasteiger partial charge in [0.25, 0.3) is 0 Å². The molecule has 4 nitrogen and oxygen atoms in total. The molecule has 1 amide bonds. The van der Waals surface area contributed by atoms with Gasteiger partial charge in [-0.15, -0.1) is 0 Å². The molecule has 1 aromatic rings. The zero-order chi connectivity index (χ0) is 14.3. The van der Waals surface area contributed by atoms with E-state index in [0.29, 0.717) is 13.0 Å². The Morgan fingerprint density at radius 3 is 2.53 bits per heavy atom. The smallest absolute Gasteiger partial charge is 0.387 e. The Labute approximate surface area is 110 Å². The van der Waals surface area contributed by atoms with Crippen LogP contribution in [0.2, 0.25) is 0 Å². The summed E-state index contributed by atoms with van der Waals surface area (Å²) in [5, 5.41) is 2.69. The van der Waals surface area contributed by atoms with Gasteiger partial charge in [0.1, 0.15) is 5.75 Å². The van der Waals surface area contributed by atoms with Gasteiger partial charge in [0.2, 0.25) is 5.91 Å². The fraction of sp³-hybridized carbons (Fsp3) is 0.462. The number of rotatable bonds is 7. The fourth-order valence-corrected chi connectivity index (χ4v) is 1.55. The Hall–Kier alpha value is -1.69. The number of ether oxygens (including phenoxy) is 1. The molecular weight excluding hydrogens is 254 g/mol. The Morgan fingerprint density at radius 1 is 1.37 bits per heavy atom. The molecule has 1 aromatic carbocycles. The van der Waals surface area contributed by atoms with Gasteiger partial charge in [0.15, 0.2) is 0 Å². The summed E-state index contributed by atoms with van der Waals surface area (Å²) in [6.45, 7) is -0.572. The lowest BCUT2D eigenvalue weighted by Crippen LogP contribution is -2.40. The molecule has 0 aliphatic heterocycles. The van der Waals surface area contributed by atoms with E-state index in [1.807, 2.05) is 6.92 Å². The first-order valence-electron chi connectivity index (χ1n) is 6.10. The Kier molecular flexibility index (Phi) is 6.21. The molecule has 1 atom stereocenters. The summed E-state index contributed by atoms with van der Waals surface area (Å²) in [6, 6.07) is 5.58. The third-order valence-corrected chi connectivity index (χ3v) is 2.55. The molecule has 0 bridgehead atoms. The Morgan fingerprint density at radius 2 is 2.00 bits per heavy atom. The van der Waals surface area contributed by atoms with Gasteiger partial charge < -0.3 is 15.8 Å². The number of halogens is 2. The maximum atomic E-state index is 11.9. The minimum atomic E-state index is -2.84. The summed E-state index contributed by atoms with van der Waals surface area (Å²) in [5.74, 6) is -0.123. The zero-order valence-electron chi connectivity index (χ0n) is 10.7. The molecule has 106 valence electrons. The van der Waals surface area contributed by atoms with Crippen LogP contribution in [0.4, 0.5) is 8.78 Å². The van der Waals surface area contributed by atoms with Crippen molar-refractivity contribution in [2.24, 2.45) is 5.73 Å². The van der Waals surface area contributed by atoms with E-state index < -0.39 is 12.7 Å². The van der Waals surface area contributed by atoms with Crippen molar-refractivity contribution >= 4 is 5.91 Å². The predicted molar refractivity (Wildman–Crippen MR) is 67.8 cm³/mol. The highest BCUT2D eigenvalue weighted by atomic mass is 19.3. The standard InChI is InChI=1S/C13H18F2N2O2/c1-2-3-11(16)12(18)17-8-9-4-6-10(7-5-9)19-13(14)15/h4-7,11,13H,2-3,8,16H2,1H3,(H,17,18). The summed E-state index contributed by atoms with van der Waals surface area (Å²) in [6.07, 6.45) is 1.47. The first-order chi connectivity index (χ1) is 9.02. The van der Waals surface area contributed by atoms with E-state index in [0.717, 1.165) is 12.0 Å². The van der Waals surface area contributed by atoms with Gasteiger partial charge in [0, 0.05) is 6.54 Å². The molecule has 0 saturated carbocycles. The van der Waals surface area contributed by atoms with Crippen LogP contribution in [-0.4, -0.2) is 18.6 Å². The Balaban J connectivity index is 2.43. The van der Waals surface area contributed by atoms with Crippen LogP contribution in [0.5, 0.6) is 5.75 Å². The molecule has 0 heterocycles. The van der Waals surface area contributed by atoms with Crippen molar-refractivity contribution < 1.29 is 18.3 Å². The molecule has 0 radical (unpaired) electrons. The van der Waals surface area contributed by atoms with Crippen molar-refractivity contribution in [3.63, 3.8) is 0 Å². The first kappa shape index (κ1) is 15.4. The largest absolute Gasteiger partial charge is 0.435 e. The molecule has 1 rings (SSSR count). The molecule has 1 unspecified atom stereocenters. The molecule has 0 spiro atoms. The van der Waals surface area contributed by atoms with E-state index in [4.69, 9.17) is 5.73 Å². The second-order valence-electron chi connectivity index (χ2n) is 4.14. The molecule has 0 aromatic heterocycles. The zero-order valence-corrected chi connectivity index (χ0v) is 10.7. The third kappa shape index (κ3) is 5.65. The molecule has 0 aliphatic rings. The molecule has 0 fully saturated rings. The van der Waals surface area contributed by atoms with Crippen LogP contribution in [0.25, 0.3) is 0 Å². The monoisotopic (exact) mass is 272 g/mol. The summed E-state index contributed by atoms with van der Waals surface area (Å²) >= 11 is 0. The van der Waals surface area contributed by atoms with Crippen LogP contribution in [0.3, 0.4) is 0 Å². The third-order valence-electron chi connectivity index (χ3n) is 2.55. The highest BCUT2D eigenvalue weighted by molar-refractivity contribution is 5.81. The summed E-state index contributed by atoms with van der Waals surface area (Å²) in [7, 11) is 0. The number of carbonyl (C=O) groups excluding carboxylic acids is 1. The molecule has 0 saturated heterocycles. The normalized spacial score (nSPS) is 12.3. The lowest BCUT2D eigenvalue weighted by molar-refractivity contribution is -0.122. The van der Waals surface area contributed by atoms with E-state index in [1.165, 1.54) is 12.1 Å². The quantitative estimate of drug-likeness (QED) is 0.798. The predicted octanol–water partition coefficient (Wildman–Crippen LogP) is 2.03. The maximum absolute atomic E-state index is 11.9. The number of nitrogens with two attached hydrogens (primary N) is 1. The van der Waals surface area contributed by atoms with Crippen LogP contribution < -0.4 is 15.8 Å². The summed E-state index contributed by atoms with van der Waals surface area (Å²) in [4.78, 5) is 11.6. The van der Waals surface area contributed by atoms with Gasteiger partial charge in [-0.25, -0.2) is 0 Å². The second-order valence-corrected chi connectivity index (χ2v) is 4.14. The fourth-order valence-electron chi connectivity index (χ4n) is 1.55. The van der Waals surface area contributed by atoms with E-state index in [-0.39, 0.29) is 11.7 Å².